The first-order chi connectivity index (χ1) is 15.3. The molecule has 0 saturated heterocycles. The molecule has 2 N–H and O–H groups in total. The van der Waals surface area contributed by atoms with Gasteiger partial charge in [-0.1, -0.05) is 22.9 Å². The summed E-state index contributed by atoms with van der Waals surface area (Å²) in [7, 11) is 1.46. The number of nitriles is 1. The van der Waals surface area contributed by atoms with E-state index in [-0.39, 0.29) is 13.0 Å². The topological polar surface area (TPSA) is 130 Å². The van der Waals surface area contributed by atoms with Crippen LogP contribution in [0.5, 0.6) is 11.5 Å². The van der Waals surface area contributed by atoms with Crippen LogP contribution in [0.2, 0.25) is 0 Å². The standard InChI is InChI=1S/C23H23N3O6/c1-14-4-6-17(15(2)10-14)25-22(29)23(13-21(27)28)12-18(26-32-23)16-5-7-19(31-9-8-24)20(11-16)30-3/h4-7,10-11H,9,12-13H2,1-3H3,(H,25,29)(H,27,28)/t23-/m0/s1. The second-order valence-electron chi connectivity index (χ2n) is 7.46. The number of carbonyl (C=O) groups is 2. The summed E-state index contributed by atoms with van der Waals surface area (Å²) in [5, 5.41) is 24.9. The minimum atomic E-state index is -1.69. The molecule has 3 rings (SSSR count). The van der Waals surface area contributed by atoms with E-state index >= 15 is 0 Å². The number of aliphatic carboxylic acids is 1. The fourth-order valence-corrected chi connectivity index (χ4v) is 3.44. The van der Waals surface area contributed by atoms with Gasteiger partial charge < -0.3 is 24.7 Å². The molecule has 2 aromatic carbocycles. The van der Waals surface area contributed by atoms with Gasteiger partial charge in [-0.3, -0.25) is 9.59 Å². The molecule has 9 nitrogen and oxygen atoms in total. The molecule has 166 valence electrons. The van der Waals surface area contributed by atoms with E-state index in [4.69, 9.17) is 19.6 Å². The van der Waals surface area contributed by atoms with Crippen molar-refractivity contribution in [2.45, 2.75) is 32.3 Å². The monoisotopic (exact) mass is 437 g/mol. The van der Waals surface area contributed by atoms with Crippen molar-refractivity contribution < 1.29 is 29.0 Å². The lowest BCUT2D eigenvalue weighted by Crippen LogP contribution is -2.45. The zero-order chi connectivity index (χ0) is 23.3. The Morgan fingerprint density at radius 2 is 2.03 bits per heavy atom. The largest absolute Gasteiger partial charge is 0.493 e. The number of hydrogen-bond acceptors (Lipinski definition) is 7. The summed E-state index contributed by atoms with van der Waals surface area (Å²) < 4.78 is 10.6. The zero-order valence-electron chi connectivity index (χ0n) is 18.0. The van der Waals surface area contributed by atoms with Crippen LogP contribution in [0.15, 0.2) is 41.6 Å². The van der Waals surface area contributed by atoms with E-state index in [1.165, 1.54) is 7.11 Å². The number of amides is 1. The highest BCUT2D eigenvalue weighted by atomic mass is 16.7. The van der Waals surface area contributed by atoms with E-state index in [1.807, 2.05) is 32.0 Å². The van der Waals surface area contributed by atoms with E-state index in [0.717, 1.165) is 11.1 Å². The summed E-state index contributed by atoms with van der Waals surface area (Å²) in [5.74, 6) is -1.03. The lowest BCUT2D eigenvalue weighted by Gasteiger charge is -2.24. The Kier molecular flexibility index (Phi) is 6.64. The molecule has 32 heavy (non-hydrogen) atoms. The van der Waals surface area contributed by atoms with Gasteiger partial charge in [-0.15, -0.1) is 0 Å². The Hall–Kier alpha value is -4.06. The quantitative estimate of drug-likeness (QED) is 0.648. The Morgan fingerprint density at radius 3 is 2.69 bits per heavy atom. The molecule has 2 aromatic rings. The maximum atomic E-state index is 13.1. The Balaban J connectivity index is 1.85. The van der Waals surface area contributed by atoms with E-state index < -0.39 is 23.9 Å². The molecule has 0 saturated carbocycles. The smallest absolute Gasteiger partial charge is 0.308 e. The van der Waals surface area contributed by atoms with Gasteiger partial charge in [-0.05, 0) is 43.7 Å². The number of nitrogens with one attached hydrogen (secondary N) is 1. The third kappa shape index (κ3) is 4.81. The highest BCUT2D eigenvalue weighted by molar-refractivity contribution is 6.09. The van der Waals surface area contributed by atoms with Gasteiger partial charge in [0.15, 0.2) is 18.1 Å². The molecule has 0 fully saturated rings. The average Bonchev–Trinajstić information content (AvgIpc) is 3.18. The fraction of sp³-hybridized carbons (Fsp3) is 0.304. The van der Waals surface area contributed by atoms with Crippen LogP contribution < -0.4 is 14.8 Å². The number of carbonyl (C=O) groups excluding carboxylic acids is 1. The third-order valence-corrected chi connectivity index (χ3v) is 5.05. The molecule has 0 radical (unpaired) electrons. The number of oxime groups is 1. The number of anilines is 1. The number of carboxylic acid groups (broad SMARTS) is 1. The van der Waals surface area contributed by atoms with Crippen LogP contribution in [0.25, 0.3) is 0 Å². The lowest BCUT2D eigenvalue weighted by atomic mass is 9.89. The maximum Gasteiger partial charge on any atom is 0.308 e. The molecule has 0 bridgehead atoms. The normalized spacial score (nSPS) is 17.0. The number of rotatable bonds is 8. The second-order valence-corrected chi connectivity index (χ2v) is 7.46. The van der Waals surface area contributed by atoms with Crippen molar-refractivity contribution >= 4 is 23.3 Å². The number of benzene rings is 2. The van der Waals surface area contributed by atoms with Crippen LogP contribution in [0.3, 0.4) is 0 Å². The molecule has 1 aliphatic heterocycles. The van der Waals surface area contributed by atoms with Gasteiger partial charge in [0, 0.05) is 17.7 Å². The summed E-state index contributed by atoms with van der Waals surface area (Å²) >= 11 is 0. The summed E-state index contributed by atoms with van der Waals surface area (Å²) in [5.41, 5.74) is 1.75. The van der Waals surface area contributed by atoms with Crippen molar-refractivity contribution in [2.75, 3.05) is 19.0 Å². The Morgan fingerprint density at radius 1 is 1.25 bits per heavy atom. The van der Waals surface area contributed by atoms with Crippen LogP contribution in [0, 0.1) is 25.2 Å². The number of aryl methyl sites for hydroxylation is 2. The van der Waals surface area contributed by atoms with Crippen LogP contribution in [0.1, 0.15) is 29.5 Å². The van der Waals surface area contributed by atoms with Crippen molar-refractivity contribution in [1.29, 1.82) is 5.26 Å². The van der Waals surface area contributed by atoms with Gasteiger partial charge in [0.1, 0.15) is 6.07 Å². The van der Waals surface area contributed by atoms with E-state index in [2.05, 4.69) is 10.5 Å². The third-order valence-electron chi connectivity index (χ3n) is 5.05. The van der Waals surface area contributed by atoms with Crippen LogP contribution in [-0.2, 0) is 14.4 Å². The van der Waals surface area contributed by atoms with E-state index in [1.54, 1.807) is 24.3 Å². The molecule has 1 atom stereocenters. The predicted molar refractivity (Wildman–Crippen MR) is 116 cm³/mol. The minimum Gasteiger partial charge on any atom is -0.493 e. The summed E-state index contributed by atoms with van der Waals surface area (Å²) in [6, 6.07) is 12.3. The molecule has 0 aromatic heterocycles. The van der Waals surface area contributed by atoms with E-state index in [9.17, 15) is 14.7 Å². The van der Waals surface area contributed by atoms with Gasteiger partial charge in [-0.2, -0.15) is 5.26 Å². The second kappa shape index (κ2) is 9.39. The number of carboxylic acids is 1. The van der Waals surface area contributed by atoms with Crippen molar-refractivity contribution in [3.63, 3.8) is 0 Å². The van der Waals surface area contributed by atoms with Crippen LogP contribution in [0.4, 0.5) is 5.69 Å². The van der Waals surface area contributed by atoms with Crippen molar-refractivity contribution in [1.82, 2.24) is 0 Å². The molecular weight excluding hydrogens is 414 g/mol. The molecule has 1 aliphatic rings. The highest BCUT2D eigenvalue weighted by Crippen LogP contribution is 2.35. The van der Waals surface area contributed by atoms with Gasteiger partial charge in [0.25, 0.3) is 5.91 Å². The van der Waals surface area contributed by atoms with Crippen molar-refractivity contribution in [2.24, 2.45) is 5.16 Å². The van der Waals surface area contributed by atoms with Crippen LogP contribution >= 0.6 is 0 Å². The minimum absolute atomic E-state index is 0.0441. The Bertz CT molecular complexity index is 1120. The van der Waals surface area contributed by atoms with E-state index in [0.29, 0.717) is 28.5 Å². The van der Waals surface area contributed by atoms with Gasteiger partial charge in [-0.25, -0.2) is 0 Å². The molecule has 0 unspecified atom stereocenters. The number of hydrogen-bond donors (Lipinski definition) is 2. The molecule has 9 heteroatoms. The number of nitrogens with zero attached hydrogens (tertiary/aromatic N) is 2. The van der Waals surface area contributed by atoms with Gasteiger partial charge in [0.2, 0.25) is 5.60 Å². The fourth-order valence-electron chi connectivity index (χ4n) is 3.44. The molecule has 0 spiro atoms. The Labute approximate surface area is 185 Å². The molecule has 1 amide bonds. The van der Waals surface area contributed by atoms with Crippen LogP contribution in [-0.4, -0.2) is 42.0 Å². The summed E-state index contributed by atoms with van der Waals surface area (Å²) in [6.45, 7) is 3.65. The number of methoxy groups -OCH3 is 1. The summed E-state index contributed by atoms with van der Waals surface area (Å²) in [4.78, 5) is 30.1. The highest BCUT2D eigenvalue weighted by Gasteiger charge is 2.49. The first-order valence-electron chi connectivity index (χ1n) is 9.81. The number of ether oxygens (including phenoxy) is 2. The van der Waals surface area contributed by atoms with Crippen molar-refractivity contribution in [3.8, 4) is 17.6 Å². The molecule has 1 heterocycles. The zero-order valence-corrected chi connectivity index (χ0v) is 18.0. The average molecular weight is 437 g/mol. The first kappa shape index (κ1) is 22.6. The molecule has 0 aliphatic carbocycles. The van der Waals surface area contributed by atoms with Crippen molar-refractivity contribution in [3.05, 3.63) is 53.1 Å². The van der Waals surface area contributed by atoms with Gasteiger partial charge >= 0.3 is 5.97 Å². The maximum absolute atomic E-state index is 13.1. The first-order valence-corrected chi connectivity index (χ1v) is 9.81. The SMILES string of the molecule is COc1cc(C2=NO[C@@](CC(=O)O)(C(=O)Nc3ccc(C)cc3C)C2)ccc1OCC#N. The lowest BCUT2D eigenvalue weighted by molar-refractivity contribution is -0.152. The summed E-state index contributed by atoms with van der Waals surface area (Å²) in [6.07, 6.45) is -0.602. The predicted octanol–water partition coefficient (Wildman–Crippen LogP) is 3.19. The van der Waals surface area contributed by atoms with Gasteiger partial charge in [0.05, 0.1) is 19.2 Å². The molecular formula is C23H23N3O6.